The molecule has 0 saturated heterocycles. The van der Waals surface area contributed by atoms with Crippen LogP contribution in [0.15, 0.2) is 18.2 Å². The van der Waals surface area contributed by atoms with Crippen molar-refractivity contribution in [3.63, 3.8) is 0 Å². The molecule has 2 rings (SSSR count). The van der Waals surface area contributed by atoms with Crippen LogP contribution in [0.3, 0.4) is 0 Å². The number of hydrogen-bond donors (Lipinski definition) is 2. The van der Waals surface area contributed by atoms with E-state index >= 15 is 0 Å². The van der Waals surface area contributed by atoms with Crippen molar-refractivity contribution in [2.24, 2.45) is 11.8 Å². The third-order valence-electron chi connectivity index (χ3n) is 3.95. The molecule has 0 aromatic heterocycles. The standard InChI is InChI=1S/C15H19Cl2NO2/c16-13-5-6-14(17)12(7-13)9-18-8-10-1-3-11(4-2-10)15(19)20/h5-7,10-11,18H,1-4,8-9H2,(H,19,20). The highest BCUT2D eigenvalue weighted by Gasteiger charge is 2.25. The third kappa shape index (κ3) is 4.37. The van der Waals surface area contributed by atoms with Crippen LogP contribution in [-0.4, -0.2) is 17.6 Å². The summed E-state index contributed by atoms with van der Waals surface area (Å²) in [5.41, 5.74) is 0.999. The lowest BCUT2D eigenvalue weighted by molar-refractivity contribution is -0.143. The second-order valence-corrected chi connectivity index (χ2v) is 6.27. The van der Waals surface area contributed by atoms with E-state index in [1.165, 1.54) is 0 Å². The molecule has 1 fully saturated rings. The molecule has 1 saturated carbocycles. The van der Waals surface area contributed by atoms with Crippen LogP contribution in [0.2, 0.25) is 10.0 Å². The minimum atomic E-state index is -0.651. The van der Waals surface area contributed by atoms with Gasteiger partial charge in [0.1, 0.15) is 0 Å². The van der Waals surface area contributed by atoms with Gasteiger partial charge in [-0.1, -0.05) is 23.2 Å². The van der Waals surface area contributed by atoms with E-state index in [9.17, 15) is 4.79 Å². The quantitative estimate of drug-likeness (QED) is 0.864. The van der Waals surface area contributed by atoms with Gasteiger partial charge in [-0.15, -0.1) is 0 Å². The maximum Gasteiger partial charge on any atom is 0.306 e. The van der Waals surface area contributed by atoms with E-state index in [0.717, 1.165) is 42.8 Å². The van der Waals surface area contributed by atoms with Gasteiger partial charge < -0.3 is 10.4 Å². The van der Waals surface area contributed by atoms with Crippen LogP contribution in [0.1, 0.15) is 31.2 Å². The Kier molecular flexibility index (Phi) is 5.70. The summed E-state index contributed by atoms with van der Waals surface area (Å²) in [6, 6.07) is 5.46. The summed E-state index contributed by atoms with van der Waals surface area (Å²) in [6.45, 7) is 1.59. The predicted octanol–water partition coefficient (Wildman–Crippen LogP) is 3.97. The minimum absolute atomic E-state index is 0.145. The van der Waals surface area contributed by atoms with E-state index < -0.39 is 5.97 Å². The maximum absolute atomic E-state index is 10.9. The van der Waals surface area contributed by atoms with E-state index in [1.54, 1.807) is 12.1 Å². The highest BCUT2D eigenvalue weighted by molar-refractivity contribution is 6.33. The number of hydrogen-bond acceptors (Lipinski definition) is 2. The molecule has 1 aliphatic carbocycles. The topological polar surface area (TPSA) is 49.3 Å². The molecular weight excluding hydrogens is 297 g/mol. The van der Waals surface area contributed by atoms with Gasteiger partial charge in [0, 0.05) is 16.6 Å². The Balaban J connectivity index is 1.74. The minimum Gasteiger partial charge on any atom is -0.481 e. The SMILES string of the molecule is O=C(O)C1CCC(CNCc2cc(Cl)ccc2Cl)CC1. The largest absolute Gasteiger partial charge is 0.481 e. The van der Waals surface area contributed by atoms with E-state index in [4.69, 9.17) is 28.3 Å². The van der Waals surface area contributed by atoms with Crippen molar-refractivity contribution in [1.29, 1.82) is 0 Å². The lowest BCUT2D eigenvalue weighted by Gasteiger charge is -2.26. The molecule has 1 aliphatic rings. The second-order valence-electron chi connectivity index (χ2n) is 5.42. The molecule has 0 amide bonds. The van der Waals surface area contributed by atoms with Gasteiger partial charge in [-0.2, -0.15) is 0 Å². The van der Waals surface area contributed by atoms with Crippen molar-refractivity contribution in [2.45, 2.75) is 32.2 Å². The number of benzene rings is 1. The molecule has 0 unspecified atom stereocenters. The van der Waals surface area contributed by atoms with Gasteiger partial charge in [-0.25, -0.2) is 0 Å². The molecule has 0 aliphatic heterocycles. The monoisotopic (exact) mass is 315 g/mol. The van der Waals surface area contributed by atoms with Gasteiger partial charge >= 0.3 is 5.97 Å². The van der Waals surface area contributed by atoms with Crippen LogP contribution < -0.4 is 5.32 Å². The molecule has 1 aromatic carbocycles. The summed E-state index contributed by atoms with van der Waals surface area (Å²) in [7, 11) is 0. The number of rotatable bonds is 5. The molecule has 0 heterocycles. The molecule has 110 valence electrons. The highest BCUT2D eigenvalue weighted by Crippen LogP contribution is 2.28. The summed E-state index contributed by atoms with van der Waals surface area (Å²) >= 11 is 12.1. The normalized spacial score (nSPS) is 22.7. The van der Waals surface area contributed by atoms with E-state index in [-0.39, 0.29) is 5.92 Å². The Bertz CT molecular complexity index is 471. The van der Waals surface area contributed by atoms with Crippen LogP contribution in [0.5, 0.6) is 0 Å². The summed E-state index contributed by atoms with van der Waals surface area (Å²) < 4.78 is 0. The van der Waals surface area contributed by atoms with Gasteiger partial charge in [0.25, 0.3) is 0 Å². The summed E-state index contributed by atoms with van der Waals surface area (Å²) in [5.74, 6) is -0.237. The summed E-state index contributed by atoms with van der Waals surface area (Å²) in [4.78, 5) is 10.9. The fraction of sp³-hybridized carbons (Fsp3) is 0.533. The molecule has 0 atom stereocenters. The first kappa shape index (κ1) is 15.6. The number of carboxylic acids is 1. The molecule has 0 radical (unpaired) electrons. The zero-order chi connectivity index (χ0) is 14.5. The molecule has 3 nitrogen and oxygen atoms in total. The number of nitrogens with one attached hydrogen (secondary N) is 1. The Morgan fingerprint density at radius 3 is 2.60 bits per heavy atom. The highest BCUT2D eigenvalue weighted by atomic mass is 35.5. The van der Waals surface area contributed by atoms with Crippen molar-refractivity contribution in [3.05, 3.63) is 33.8 Å². The molecular formula is C15H19Cl2NO2. The second kappa shape index (κ2) is 7.30. The van der Waals surface area contributed by atoms with E-state index in [2.05, 4.69) is 5.32 Å². The van der Waals surface area contributed by atoms with Crippen LogP contribution >= 0.6 is 23.2 Å². The van der Waals surface area contributed by atoms with Gasteiger partial charge in [-0.05, 0) is 61.9 Å². The van der Waals surface area contributed by atoms with E-state index in [1.807, 2.05) is 6.07 Å². The Morgan fingerprint density at radius 1 is 1.25 bits per heavy atom. The number of halogens is 2. The molecule has 5 heteroatoms. The van der Waals surface area contributed by atoms with Gasteiger partial charge in [0.2, 0.25) is 0 Å². The zero-order valence-corrected chi connectivity index (χ0v) is 12.8. The maximum atomic E-state index is 10.9. The van der Waals surface area contributed by atoms with Gasteiger partial charge in [0.15, 0.2) is 0 Å². The average molecular weight is 316 g/mol. The average Bonchev–Trinajstić information content (AvgIpc) is 2.43. The zero-order valence-electron chi connectivity index (χ0n) is 11.2. The van der Waals surface area contributed by atoms with Crippen LogP contribution in [0, 0.1) is 11.8 Å². The predicted molar refractivity (Wildman–Crippen MR) is 81.3 cm³/mol. The van der Waals surface area contributed by atoms with Gasteiger partial charge in [-0.3, -0.25) is 4.79 Å². The fourth-order valence-electron chi connectivity index (χ4n) is 2.70. The van der Waals surface area contributed by atoms with Crippen molar-refractivity contribution in [1.82, 2.24) is 5.32 Å². The number of carbonyl (C=O) groups is 1. The third-order valence-corrected chi connectivity index (χ3v) is 4.56. The summed E-state index contributed by atoms with van der Waals surface area (Å²) in [6.07, 6.45) is 3.54. The smallest absolute Gasteiger partial charge is 0.306 e. The molecule has 0 bridgehead atoms. The Hall–Kier alpha value is -0.770. The number of carboxylic acid groups (broad SMARTS) is 1. The fourth-order valence-corrected chi connectivity index (χ4v) is 3.08. The van der Waals surface area contributed by atoms with Crippen LogP contribution in [-0.2, 0) is 11.3 Å². The first-order valence-electron chi connectivity index (χ1n) is 6.93. The first-order valence-corrected chi connectivity index (χ1v) is 7.69. The van der Waals surface area contributed by atoms with Crippen molar-refractivity contribution in [2.75, 3.05) is 6.54 Å². The molecule has 2 N–H and O–H groups in total. The van der Waals surface area contributed by atoms with Crippen molar-refractivity contribution >= 4 is 29.2 Å². The lowest BCUT2D eigenvalue weighted by Crippen LogP contribution is -2.28. The van der Waals surface area contributed by atoms with Crippen molar-refractivity contribution in [3.8, 4) is 0 Å². The molecule has 20 heavy (non-hydrogen) atoms. The molecule has 1 aromatic rings. The lowest BCUT2D eigenvalue weighted by atomic mass is 9.82. The Labute approximate surface area is 129 Å². The number of aliphatic carboxylic acids is 1. The van der Waals surface area contributed by atoms with Gasteiger partial charge in [0.05, 0.1) is 5.92 Å². The summed E-state index contributed by atoms with van der Waals surface area (Å²) in [5, 5.41) is 13.8. The van der Waals surface area contributed by atoms with Crippen molar-refractivity contribution < 1.29 is 9.90 Å². The Morgan fingerprint density at radius 2 is 1.95 bits per heavy atom. The van der Waals surface area contributed by atoms with Crippen LogP contribution in [0.4, 0.5) is 0 Å². The molecule has 0 spiro atoms. The van der Waals surface area contributed by atoms with E-state index in [0.29, 0.717) is 17.5 Å². The van der Waals surface area contributed by atoms with Crippen LogP contribution in [0.25, 0.3) is 0 Å². The first-order chi connectivity index (χ1) is 9.56.